The number of nitrogens with one attached hydrogen (secondary N) is 1. The molecule has 1 unspecified atom stereocenters. The molecular formula is C15H19NO3. The zero-order chi connectivity index (χ0) is 14.3. The van der Waals surface area contributed by atoms with E-state index >= 15 is 0 Å². The molecule has 0 saturated heterocycles. The fourth-order valence-electron chi connectivity index (χ4n) is 1.74. The number of allylic oxidation sites excluding steroid dienone is 1. The number of ether oxygens (including phenoxy) is 1. The van der Waals surface area contributed by atoms with E-state index in [-0.39, 0.29) is 12.0 Å². The van der Waals surface area contributed by atoms with Gasteiger partial charge < -0.3 is 10.1 Å². The molecule has 0 amide bonds. The van der Waals surface area contributed by atoms with Gasteiger partial charge in [0, 0.05) is 24.8 Å². The van der Waals surface area contributed by atoms with Crippen LogP contribution in [0, 0.1) is 0 Å². The summed E-state index contributed by atoms with van der Waals surface area (Å²) in [6.07, 6.45) is 3.91. The number of benzene rings is 1. The molecule has 1 N–H and O–H groups in total. The van der Waals surface area contributed by atoms with Crippen molar-refractivity contribution >= 4 is 23.8 Å². The highest BCUT2D eigenvalue weighted by atomic mass is 16.5. The number of aldehydes is 1. The van der Waals surface area contributed by atoms with E-state index < -0.39 is 0 Å². The van der Waals surface area contributed by atoms with Crippen LogP contribution in [0.25, 0.3) is 6.08 Å². The molecule has 0 heterocycles. The molecule has 0 spiro atoms. The Bertz CT molecular complexity index is 480. The van der Waals surface area contributed by atoms with Crippen molar-refractivity contribution in [2.45, 2.75) is 26.5 Å². The van der Waals surface area contributed by atoms with Crippen molar-refractivity contribution in [3.63, 3.8) is 0 Å². The van der Waals surface area contributed by atoms with Crippen LogP contribution in [0.5, 0.6) is 0 Å². The summed E-state index contributed by atoms with van der Waals surface area (Å²) in [6.45, 7) is 3.67. The maximum Gasteiger partial charge on any atom is 0.165 e. The van der Waals surface area contributed by atoms with Crippen LogP contribution in [0.1, 0.15) is 36.2 Å². The molecule has 1 aromatic carbocycles. The Hall–Kier alpha value is -1.94. The first-order valence-electron chi connectivity index (χ1n) is 6.21. The van der Waals surface area contributed by atoms with Crippen LogP contribution in [0.15, 0.2) is 24.3 Å². The Labute approximate surface area is 113 Å². The number of rotatable bonds is 7. The normalized spacial score (nSPS) is 12.4. The lowest BCUT2D eigenvalue weighted by Gasteiger charge is -2.17. The number of methoxy groups -OCH3 is 1. The van der Waals surface area contributed by atoms with Crippen LogP contribution >= 0.6 is 0 Å². The number of Topliss-reactive ketones (excluding diaryl/α,β-unsaturated/α-hetero) is 1. The van der Waals surface area contributed by atoms with Crippen LogP contribution < -0.4 is 5.32 Å². The summed E-state index contributed by atoms with van der Waals surface area (Å²) in [5.74, 6) is 0.0250. The predicted octanol–water partition coefficient (Wildman–Crippen LogP) is 2.90. The zero-order valence-corrected chi connectivity index (χ0v) is 11.5. The molecule has 102 valence electrons. The Balaban J connectivity index is 3.25. The summed E-state index contributed by atoms with van der Waals surface area (Å²) in [6, 6.07) is 5.48. The first-order chi connectivity index (χ1) is 9.13. The molecule has 0 aliphatic rings. The number of carbonyl (C=O) groups is 2. The molecule has 0 bridgehead atoms. The highest BCUT2D eigenvalue weighted by Crippen LogP contribution is 2.24. The smallest absolute Gasteiger partial charge is 0.165 e. The van der Waals surface area contributed by atoms with Crippen molar-refractivity contribution in [2.75, 3.05) is 12.4 Å². The van der Waals surface area contributed by atoms with Crippen molar-refractivity contribution in [1.29, 1.82) is 0 Å². The maximum atomic E-state index is 12.1. The highest BCUT2D eigenvalue weighted by molar-refractivity contribution is 6.04. The van der Waals surface area contributed by atoms with E-state index in [4.69, 9.17) is 4.74 Å². The molecule has 0 aliphatic heterocycles. The summed E-state index contributed by atoms with van der Waals surface area (Å²) in [5, 5.41) is 3.13. The number of hydrogen-bond acceptors (Lipinski definition) is 4. The van der Waals surface area contributed by atoms with Gasteiger partial charge in [-0.25, -0.2) is 0 Å². The summed E-state index contributed by atoms with van der Waals surface area (Å²) >= 11 is 0. The average molecular weight is 261 g/mol. The lowest BCUT2D eigenvalue weighted by Crippen LogP contribution is -2.19. The first-order valence-corrected chi connectivity index (χ1v) is 6.21. The van der Waals surface area contributed by atoms with E-state index in [1.807, 2.05) is 32.0 Å². The van der Waals surface area contributed by atoms with Gasteiger partial charge in [0.25, 0.3) is 0 Å². The molecule has 1 rings (SSSR count). The van der Waals surface area contributed by atoms with Gasteiger partial charge in [-0.15, -0.1) is 0 Å². The van der Waals surface area contributed by atoms with Gasteiger partial charge in [0.05, 0.1) is 0 Å². The minimum atomic E-state index is -0.200. The van der Waals surface area contributed by atoms with E-state index in [0.29, 0.717) is 24.0 Å². The van der Waals surface area contributed by atoms with Gasteiger partial charge in [0.1, 0.15) is 12.5 Å². The second-order valence-electron chi connectivity index (χ2n) is 4.06. The largest absolute Gasteiger partial charge is 0.362 e. The number of carbonyl (C=O) groups excluding carboxylic acids is 2. The third-order valence-electron chi connectivity index (χ3n) is 2.76. The minimum absolute atomic E-state index is 0.0250. The monoisotopic (exact) mass is 261 g/mol. The van der Waals surface area contributed by atoms with Gasteiger partial charge in [0.2, 0.25) is 0 Å². The van der Waals surface area contributed by atoms with Crippen LogP contribution in [0.2, 0.25) is 0 Å². The second kappa shape index (κ2) is 7.48. The van der Waals surface area contributed by atoms with E-state index in [2.05, 4.69) is 5.32 Å². The molecule has 1 aromatic rings. The average Bonchev–Trinajstić information content (AvgIpc) is 2.44. The second-order valence-corrected chi connectivity index (χ2v) is 4.06. The van der Waals surface area contributed by atoms with Gasteiger partial charge in [-0.2, -0.15) is 0 Å². The molecular weight excluding hydrogens is 242 g/mol. The van der Waals surface area contributed by atoms with Crippen molar-refractivity contribution in [3.8, 4) is 0 Å². The Morgan fingerprint density at radius 2 is 2.21 bits per heavy atom. The molecule has 0 fully saturated rings. The van der Waals surface area contributed by atoms with Crippen LogP contribution in [0.4, 0.5) is 5.69 Å². The standard InChI is InChI=1S/C15H19NO3/c1-4-14(18)15-12(8-6-10-17)7-5-9-13(15)16-11(2)19-3/h5-11,16H,4H2,1-3H3/b8-6+. The van der Waals surface area contributed by atoms with Gasteiger partial charge in [-0.1, -0.05) is 25.1 Å². The SMILES string of the molecule is CCC(=O)c1c(/C=C/C=O)cccc1NC(C)OC. The molecule has 0 aliphatic carbocycles. The fraction of sp³-hybridized carbons (Fsp3) is 0.333. The van der Waals surface area contributed by atoms with E-state index in [9.17, 15) is 9.59 Å². The minimum Gasteiger partial charge on any atom is -0.362 e. The summed E-state index contributed by atoms with van der Waals surface area (Å²) < 4.78 is 5.15. The van der Waals surface area contributed by atoms with Gasteiger partial charge >= 0.3 is 0 Å². The quantitative estimate of drug-likeness (QED) is 0.355. The van der Waals surface area contributed by atoms with Gasteiger partial charge in [-0.3, -0.25) is 9.59 Å². The number of ketones is 1. The summed E-state index contributed by atoms with van der Waals surface area (Å²) in [4.78, 5) is 22.5. The van der Waals surface area contributed by atoms with Crippen molar-refractivity contribution in [2.24, 2.45) is 0 Å². The Kier molecular flexibility index (Phi) is 5.96. The highest BCUT2D eigenvalue weighted by Gasteiger charge is 2.14. The molecule has 4 nitrogen and oxygen atoms in total. The maximum absolute atomic E-state index is 12.1. The molecule has 0 aromatic heterocycles. The van der Waals surface area contributed by atoms with E-state index in [1.54, 1.807) is 13.2 Å². The lowest BCUT2D eigenvalue weighted by atomic mass is 9.99. The Morgan fingerprint density at radius 3 is 2.79 bits per heavy atom. The third kappa shape index (κ3) is 4.03. The van der Waals surface area contributed by atoms with E-state index in [0.717, 1.165) is 5.56 Å². The fourth-order valence-corrected chi connectivity index (χ4v) is 1.74. The molecule has 19 heavy (non-hydrogen) atoms. The molecule has 4 heteroatoms. The Morgan fingerprint density at radius 1 is 1.47 bits per heavy atom. The number of hydrogen-bond donors (Lipinski definition) is 1. The van der Waals surface area contributed by atoms with Crippen LogP contribution in [-0.4, -0.2) is 25.4 Å². The number of anilines is 1. The van der Waals surface area contributed by atoms with E-state index in [1.165, 1.54) is 6.08 Å². The van der Waals surface area contributed by atoms with Crippen molar-refractivity contribution in [1.82, 2.24) is 0 Å². The molecule has 0 saturated carbocycles. The zero-order valence-electron chi connectivity index (χ0n) is 11.5. The van der Waals surface area contributed by atoms with Crippen molar-refractivity contribution in [3.05, 3.63) is 35.4 Å². The summed E-state index contributed by atoms with van der Waals surface area (Å²) in [5.41, 5.74) is 2.04. The van der Waals surface area contributed by atoms with Gasteiger partial charge in [0.15, 0.2) is 5.78 Å². The van der Waals surface area contributed by atoms with Crippen LogP contribution in [0.3, 0.4) is 0 Å². The first kappa shape index (κ1) is 15.1. The predicted molar refractivity (Wildman–Crippen MR) is 76.3 cm³/mol. The summed E-state index contributed by atoms with van der Waals surface area (Å²) in [7, 11) is 1.59. The topological polar surface area (TPSA) is 55.4 Å². The molecule has 1 atom stereocenters. The van der Waals surface area contributed by atoms with Crippen LogP contribution in [-0.2, 0) is 9.53 Å². The van der Waals surface area contributed by atoms with Crippen molar-refractivity contribution < 1.29 is 14.3 Å². The third-order valence-corrected chi connectivity index (χ3v) is 2.76. The van der Waals surface area contributed by atoms with Gasteiger partial charge in [-0.05, 0) is 24.6 Å². The lowest BCUT2D eigenvalue weighted by molar-refractivity contribution is -0.104. The molecule has 0 radical (unpaired) electrons.